The van der Waals surface area contributed by atoms with Crippen molar-refractivity contribution in [2.24, 2.45) is 0 Å². The van der Waals surface area contributed by atoms with Crippen LogP contribution in [0.4, 0.5) is 0 Å². The highest BCUT2D eigenvalue weighted by Gasteiger charge is 2.27. The van der Waals surface area contributed by atoms with Crippen molar-refractivity contribution in [1.82, 2.24) is 5.32 Å². The fraction of sp³-hybridized carbons (Fsp3) is 0.429. The maximum atomic E-state index is 11.1. The summed E-state index contributed by atoms with van der Waals surface area (Å²) in [5, 5.41) is 13.0. The third-order valence-corrected chi connectivity index (χ3v) is 2.87. The molecular formula is C14H18N2O6. The van der Waals surface area contributed by atoms with Crippen LogP contribution in [0.2, 0.25) is 0 Å². The van der Waals surface area contributed by atoms with E-state index in [1.54, 1.807) is 31.4 Å². The predicted molar refractivity (Wildman–Crippen MR) is 77.1 cm³/mol. The van der Waals surface area contributed by atoms with Crippen LogP contribution in [0.1, 0.15) is 12.5 Å². The van der Waals surface area contributed by atoms with Crippen LogP contribution >= 0.6 is 0 Å². The van der Waals surface area contributed by atoms with E-state index < -0.39 is 29.5 Å². The van der Waals surface area contributed by atoms with Gasteiger partial charge in [0, 0.05) is 11.8 Å². The van der Waals surface area contributed by atoms with Crippen LogP contribution in [0, 0.1) is 10.1 Å². The summed E-state index contributed by atoms with van der Waals surface area (Å²) in [4.78, 5) is 32.2. The second kappa shape index (κ2) is 8.73. The lowest BCUT2D eigenvalue weighted by atomic mass is 10.1. The number of hydrogen-bond acceptors (Lipinski definition) is 6. The number of carbonyl (C=O) groups is 2. The van der Waals surface area contributed by atoms with E-state index in [1.807, 2.05) is 0 Å². The number of benzene rings is 1. The Morgan fingerprint density at radius 2 is 2.05 bits per heavy atom. The topological polar surface area (TPSA) is 108 Å². The van der Waals surface area contributed by atoms with E-state index in [9.17, 15) is 19.7 Å². The highest BCUT2D eigenvalue weighted by molar-refractivity contribution is 5.74. The number of methoxy groups -OCH3 is 1. The van der Waals surface area contributed by atoms with Crippen molar-refractivity contribution >= 4 is 12.2 Å². The summed E-state index contributed by atoms with van der Waals surface area (Å²) < 4.78 is 10.4. The minimum Gasteiger partial charge on any atom is -0.497 e. The van der Waals surface area contributed by atoms with Gasteiger partial charge in [0.15, 0.2) is 6.29 Å². The summed E-state index contributed by atoms with van der Waals surface area (Å²) in [5.74, 6) is 0.215. The molecule has 0 fully saturated rings. The zero-order valence-corrected chi connectivity index (χ0v) is 12.4. The van der Waals surface area contributed by atoms with Gasteiger partial charge in [-0.1, -0.05) is 12.1 Å². The van der Waals surface area contributed by atoms with Crippen LogP contribution in [-0.4, -0.2) is 42.9 Å². The van der Waals surface area contributed by atoms with Gasteiger partial charge in [0.2, 0.25) is 12.5 Å². The summed E-state index contributed by atoms with van der Waals surface area (Å²) in [6.45, 7) is 0.713. The fourth-order valence-corrected chi connectivity index (χ4v) is 1.82. The minimum absolute atomic E-state index is 0.0845. The number of nitro groups is 1. The molecule has 1 amide bonds. The molecule has 0 aliphatic rings. The van der Waals surface area contributed by atoms with Crippen LogP contribution in [0.15, 0.2) is 24.3 Å². The van der Waals surface area contributed by atoms with Gasteiger partial charge in [0.1, 0.15) is 17.9 Å². The van der Waals surface area contributed by atoms with Gasteiger partial charge in [-0.25, -0.2) is 0 Å². The second-order valence-electron chi connectivity index (χ2n) is 4.58. The van der Waals surface area contributed by atoms with Gasteiger partial charge in [-0.05, 0) is 17.7 Å². The van der Waals surface area contributed by atoms with Gasteiger partial charge >= 0.3 is 0 Å². The van der Waals surface area contributed by atoms with Crippen LogP contribution < -0.4 is 10.1 Å². The van der Waals surface area contributed by atoms with Crippen LogP contribution in [0.3, 0.4) is 0 Å². The molecule has 1 aromatic carbocycles. The molecule has 8 nitrogen and oxygen atoms in total. The average Bonchev–Trinajstić information content (AvgIpc) is 2.47. The largest absolute Gasteiger partial charge is 0.497 e. The van der Waals surface area contributed by atoms with Gasteiger partial charge in [-0.3, -0.25) is 14.9 Å². The lowest BCUT2D eigenvalue weighted by Gasteiger charge is -2.20. The molecule has 0 aliphatic carbocycles. The van der Waals surface area contributed by atoms with E-state index in [1.165, 1.54) is 6.92 Å². The zero-order chi connectivity index (χ0) is 16.5. The molecule has 2 atom stereocenters. The van der Waals surface area contributed by atoms with Gasteiger partial charge in [-0.2, -0.15) is 0 Å². The molecule has 0 aromatic heterocycles. The molecule has 8 heteroatoms. The maximum absolute atomic E-state index is 11.1. The molecule has 0 saturated heterocycles. The highest BCUT2D eigenvalue weighted by Crippen LogP contribution is 2.13. The van der Waals surface area contributed by atoms with E-state index in [2.05, 4.69) is 5.32 Å². The Bertz CT molecular complexity index is 501. The molecule has 0 radical (unpaired) electrons. The molecule has 22 heavy (non-hydrogen) atoms. The van der Waals surface area contributed by atoms with Crippen molar-refractivity contribution in [1.29, 1.82) is 0 Å². The Morgan fingerprint density at radius 3 is 2.50 bits per heavy atom. The number of ether oxygens (including phenoxy) is 2. The van der Waals surface area contributed by atoms with Crippen LogP contribution in [0.25, 0.3) is 0 Å². The van der Waals surface area contributed by atoms with Crippen molar-refractivity contribution in [2.45, 2.75) is 25.7 Å². The lowest BCUT2D eigenvalue weighted by Crippen LogP contribution is -2.48. The Hall–Kier alpha value is -2.48. The van der Waals surface area contributed by atoms with E-state index in [-0.39, 0.29) is 6.61 Å². The standard InChI is InChI=1S/C14H18N2O6/c1-10(18)15-13(7-16(19)20)14(8-17)22-9-11-3-5-12(21-2)6-4-11/h3-6,8,13-14H,7,9H2,1-2H3,(H,15,18). The molecular weight excluding hydrogens is 292 g/mol. The number of hydrogen-bond donors (Lipinski definition) is 1. The van der Waals surface area contributed by atoms with E-state index in [4.69, 9.17) is 9.47 Å². The van der Waals surface area contributed by atoms with Crippen LogP contribution in [0.5, 0.6) is 5.75 Å². The molecule has 0 spiro atoms. The van der Waals surface area contributed by atoms with Gasteiger partial charge < -0.3 is 19.6 Å². The first kappa shape index (κ1) is 17.6. The first-order chi connectivity index (χ1) is 10.5. The van der Waals surface area contributed by atoms with Crippen molar-refractivity contribution in [2.75, 3.05) is 13.7 Å². The Kier molecular flexibility index (Phi) is 6.97. The second-order valence-corrected chi connectivity index (χ2v) is 4.58. The Labute approximate surface area is 127 Å². The smallest absolute Gasteiger partial charge is 0.226 e. The number of amides is 1. The monoisotopic (exact) mass is 310 g/mol. The van der Waals surface area contributed by atoms with Crippen LogP contribution in [-0.2, 0) is 20.9 Å². The molecule has 0 saturated carbocycles. The quantitative estimate of drug-likeness (QED) is 0.405. The third-order valence-electron chi connectivity index (χ3n) is 2.87. The Morgan fingerprint density at radius 1 is 1.41 bits per heavy atom. The number of nitrogens with zero attached hydrogens (tertiary/aromatic N) is 1. The first-order valence-corrected chi connectivity index (χ1v) is 6.55. The average molecular weight is 310 g/mol. The number of aldehydes is 1. The molecule has 0 bridgehead atoms. The van der Waals surface area contributed by atoms with E-state index >= 15 is 0 Å². The van der Waals surface area contributed by atoms with Gasteiger partial charge in [0.05, 0.1) is 13.7 Å². The summed E-state index contributed by atoms with van der Waals surface area (Å²) in [7, 11) is 1.55. The Balaban J connectivity index is 2.68. The molecule has 120 valence electrons. The molecule has 0 heterocycles. The maximum Gasteiger partial charge on any atom is 0.226 e. The molecule has 1 aromatic rings. The number of rotatable bonds is 9. The van der Waals surface area contributed by atoms with Crippen molar-refractivity contribution in [3.63, 3.8) is 0 Å². The zero-order valence-electron chi connectivity index (χ0n) is 12.4. The molecule has 0 aliphatic heterocycles. The number of carbonyl (C=O) groups excluding carboxylic acids is 2. The summed E-state index contributed by atoms with van der Waals surface area (Å²) >= 11 is 0. The van der Waals surface area contributed by atoms with Gasteiger partial charge in [-0.15, -0.1) is 0 Å². The summed E-state index contributed by atoms with van der Waals surface area (Å²) in [5.41, 5.74) is 0.773. The SMILES string of the molecule is COc1ccc(COC(C=O)C(C[N+](=O)[O-])NC(C)=O)cc1. The number of nitrogens with one attached hydrogen (secondary N) is 1. The van der Waals surface area contributed by atoms with E-state index in [0.717, 1.165) is 5.56 Å². The first-order valence-electron chi connectivity index (χ1n) is 6.55. The summed E-state index contributed by atoms with van der Waals surface area (Å²) in [6, 6.07) is 5.96. The summed E-state index contributed by atoms with van der Waals surface area (Å²) in [6.07, 6.45) is -0.649. The lowest BCUT2D eigenvalue weighted by molar-refractivity contribution is -0.484. The van der Waals surface area contributed by atoms with Crippen molar-refractivity contribution in [3.05, 3.63) is 39.9 Å². The highest BCUT2D eigenvalue weighted by atomic mass is 16.6. The fourth-order valence-electron chi connectivity index (χ4n) is 1.82. The minimum atomic E-state index is -1.10. The predicted octanol–water partition coefficient (Wildman–Crippen LogP) is 0.561. The van der Waals surface area contributed by atoms with Gasteiger partial charge in [0.25, 0.3) is 0 Å². The molecule has 1 N–H and O–H groups in total. The van der Waals surface area contributed by atoms with E-state index in [0.29, 0.717) is 12.0 Å². The van der Waals surface area contributed by atoms with Crippen molar-refractivity contribution in [3.8, 4) is 5.75 Å². The molecule has 2 unspecified atom stereocenters. The molecule has 1 rings (SSSR count). The normalized spacial score (nSPS) is 13.0. The van der Waals surface area contributed by atoms with Crippen molar-refractivity contribution < 1.29 is 24.0 Å². The third kappa shape index (κ3) is 5.88.